The summed E-state index contributed by atoms with van der Waals surface area (Å²) in [5.74, 6) is 0.0253. The summed E-state index contributed by atoms with van der Waals surface area (Å²) >= 11 is 0. The van der Waals surface area contributed by atoms with Crippen molar-refractivity contribution in [1.29, 1.82) is 0 Å². The van der Waals surface area contributed by atoms with Gasteiger partial charge in [0.2, 0.25) is 0 Å². The van der Waals surface area contributed by atoms with Gasteiger partial charge in [0, 0.05) is 23.2 Å². The fourth-order valence-corrected chi connectivity index (χ4v) is 2.55. The van der Waals surface area contributed by atoms with Crippen LogP contribution >= 0.6 is 0 Å². The van der Waals surface area contributed by atoms with Gasteiger partial charge in [-0.05, 0) is 30.7 Å². The van der Waals surface area contributed by atoms with E-state index in [4.69, 9.17) is 0 Å². The number of rotatable bonds is 2. The van der Waals surface area contributed by atoms with E-state index in [9.17, 15) is 9.18 Å². The highest BCUT2D eigenvalue weighted by molar-refractivity contribution is 5.98. The lowest BCUT2D eigenvalue weighted by Gasteiger charge is -2.32. The van der Waals surface area contributed by atoms with E-state index in [0.29, 0.717) is 23.6 Å². The van der Waals surface area contributed by atoms with Crippen molar-refractivity contribution < 1.29 is 9.18 Å². The Balaban J connectivity index is 2.00. The van der Waals surface area contributed by atoms with Gasteiger partial charge >= 0.3 is 0 Å². The molecule has 0 fully saturated rings. The van der Waals surface area contributed by atoms with Gasteiger partial charge in [0.25, 0.3) is 5.91 Å². The maximum absolute atomic E-state index is 13.8. The fourth-order valence-electron chi connectivity index (χ4n) is 2.55. The van der Waals surface area contributed by atoms with Crippen molar-refractivity contribution >= 4 is 17.4 Å². The molecular weight excluding hydrogens is 283 g/mol. The molecule has 0 saturated heterocycles. The summed E-state index contributed by atoms with van der Waals surface area (Å²) in [6.07, 6.45) is 1.14. The SMILES string of the molecule is Cc1ncc(F)c(Nc2ccc3c(c2)C(C)(C)CNC3=O)n1. The van der Waals surface area contributed by atoms with Crippen LogP contribution < -0.4 is 10.6 Å². The fraction of sp³-hybridized carbons (Fsp3) is 0.312. The van der Waals surface area contributed by atoms with Crippen LogP contribution in [0.1, 0.15) is 35.6 Å². The van der Waals surface area contributed by atoms with E-state index >= 15 is 0 Å². The Hall–Kier alpha value is -2.50. The molecule has 3 rings (SSSR count). The number of nitrogens with zero attached hydrogens (tertiary/aromatic N) is 2. The second-order valence-electron chi connectivity index (χ2n) is 6.07. The van der Waals surface area contributed by atoms with E-state index < -0.39 is 5.82 Å². The average Bonchev–Trinajstić information content (AvgIpc) is 2.47. The maximum Gasteiger partial charge on any atom is 0.251 e. The van der Waals surface area contributed by atoms with Gasteiger partial charge in [0.15, 0.2) is 11.6 Å². The number of carbonyl (C=O) groups is 1. The van der Waals surface area contributed by atoms with Crippen LogP contribution in [-0.4, -0.2) is 22.4 Å². The Morgan fingerprint density at radius 2 is 2.14 bits per heavy atom. The molecule has 0 bridgehead atoms. The average molecular weight is 300 g/mol. The van der Waals surface area contributed by atoms with E-state index in [0.717, 1.165) is 11.8 Å². The molecular formula is C16H17FN4O. The van der Waals surface area contributed by atoms with Crippen LogP contribution in [-0.2, 0) is 5.41 Å². The summed E-state index contributed by atoms with van der Waals surface area (Å²) in [6.45, 7) is 6.39. The first-order valence-corrected chi connectivity index (χ1v) is 7.06. The molecule has 0 radical (unpaired) electrons. The van der Waals surface area contributed by atoms with E-state index in [2.05, 4.69) is 34.4 Å². The van der Waals surface area contributed by atoms with Crippen molar-refractivity contribution in [2.24, 2.45) is 0 Å². The molecule has 5 nitrogen and oxygen atoms in total. The Morgan fingerprint density at radius 3 is 2.91 bits per heavy atom. The molecule has 6 heteroatoms. The van der Waals surface area contributed by atoms with Crippen LogP contribution in [0.4, 0.5) is 15.9 Å². The highest BCUT2D eigenvalue weighted by Crippen LogP contribution is 2.32. The summed E-state index contributed by atoms with van der Waals surface area (Å²) in [5, 5.41) is 5.83. The van der Waals surface area contributed by atoms with Crippen molar-refractivity contribution in [1.82, 2.24) is 15.3 Å². The standard InChI is InChI=1S/C16H17FN4O/c1-9-18-7-13(17)14(20-9)21-10-4-5-11-12(6-10)16(2,3)8-19-15(11)22/h4-7H,8H2,1-3H3,(H,19,22)(H,18,20,21). The van der Waals surface area contributed by atoms with E-state index in [1.54, 1.807) is 19.1 Å². The predicted molar refractivity (Wildman–Crippen MR) is 81.8 cm³/mol. The summed E-state index contributed by atoms with van der Waals surface area (Å²) in [6, 6.07) is 5.38. The predicted octanol–water partition coefficient (Wildman–Crippen LogP) is 2.69. The van der Waals surface area contributed by atoms with Crippen LogP contribution in [0, 0.1) is 12.7 Å². The van der Waals surface area contributed by atoms with Gasteiger partial charge < -0.3 is 10.6 Å². The van der Waals surface area contributed by atoms with Crippen molar-refractivity contribution in [3.8, 4) is 0 Å². The number of anilines is 2. The number of carbonyl (C=O) groups excluding carboxylic acids is 1. The number of amides is 1. The molecule has 1 aliphatic rings. The Labute approximate surface area is 128 Å². The van der Waals surface area contributed by atoms with Crippen molar-refractivity contribution in [3.63, 3.8) is 0 Å². The smallest absolute Gasteiger partial charge is 0.251 e. The minimum Gasteiger partial charge on any atom is -0.351 e. The number of benzene rings is 1. The molecule has 2 heterocycles. The third kappa shape index (κ3) is 2.52. The molecule has 0 unspecified atom stereocenters. The number of aryl methyl sites for hydroxylation is 1. The molecule has 1 aromatic carbocycles. The molecule has 114 valence electrons. The number of hydrogen-bond donors (Lipinski definition) is 2. The molecule has 1 aromatic heterocycles. The zero-order valence-corrected chi connectivity index (χ0v) is 12.7. The third-order valence-electron chi connectivity index (χ3n) is 3.81. The van der Waals surface area contributed by atoms with E-state index in [1.165, 1.54) is 0 Å². The van der Waals surface area contributed by atoms with E-state index in [-0.39, 0.29) is 17.1 Å². The molecule has 22 heavy (non-hydrogen) atoms. The molecule has 2 aromatic rings. The number of hydrogen-bond acceptors (Lipinski definition) is 4. The van der Waals surface area contributed by atoms with Crippen LogP contribution in [0.25, 0.3) is 0 Å². The first kappa shape index (κ1) is 14.4. The minimum atomic E-state index is -0.514. The number of halogens is 1. The van der Waals surface area contributed by atoms with Gasteiger partial charge in [-0.1, -0.05) is 13.8 Å². The van der Waals surface area contributed by atoms with Crippen LogP contribution in [0.3, 0.4) is 0 Å². The molecule has 0 saturated carbocycles. The second kappa shape index (κ2) is 5.05. The second-order valence-corrected chi connectivity index (χ2v) is 6.07. The topological polar surface area (TPSA) is 66.9 Å². The minimum absolute atomic E-state index is 0.0788. The maximum atomic E-state index is 13.8. The Bertz CT molecular complexity index is 758. The zero-order chi connectivity index (χ0) is 15.9. The molecule has 0 atom stereocenters. The van der Waals surface area contributed by atoms with Gasteiger partial charge in [-0.25, -0.2) is 14.4 Å². The van der Waals surface area contributed by atoms with E-state index in [1.807, 2.05) is 6.07 Å². The van der Waals surface area contributed by atoms with Crippen molar-refractivity contribution in [2.45, 2.75) is 26.2 Å². The Morgan fingerprint density at radius 1 is 1.36 bits per heavy atom. The van der Waals surface area contributed by atoms with Crippen molar-refractivity contribution in [2.75, 3.05) is 11.9 Å². The van der Waals surface area contributed by atoms with Crippen LogP contribution in [0.5, 0.6) is 0 Å². The van der Waals surface area contributed by atoms with Gasteiger partial charge in [-0.15, -0.1) is 0 Å². The molecule has 0 aliphatic carbocycles. The molecule has 0 spiro atoms. The summed E-state index contributed by atoms with van der Waals surface area (Å²) in [4.78, 5) is 19.8. The third-order valence-corrected chi connectivity index (χ3v) is 3.81. The number of fused-ring (bicyclic) bond motifs is 1. The Kier molecular flexibility index (Phi) is 3.31. The number of nitrogens with one attached hydrogen (secondary N) is 2. The molecule has 2 N–H and O–H groups in total. The molecule has 1 amide bonds. The first-order chi connectivity index (χ1) is 10.4. The number of aromatic nitrogens is 2. The van der Waals surface area contributed by atoms with Gasteiger partial charge in [-0.2, -0.15) is 0 Å². The lowest BCUT2D eigenvalue weighted by molar-refractivity contribution is 0.0930. The van der Waals surface area contributed by atoms with Gasteiger partial charge in [-0.3, -0.25) is 4.79 Å². The van der Waals surface area contributed by atoms with Gasteiger partial charge in [0.05, 0.1) is 6.20 Å². The highest BCUT2D eigenvalue weighted by atomic mass is 19.1. The quantitative estimate of drug-likeness (QED) is 0.895. The largest absolute Gasteiger partial charge is 0.351 e. The van der Waals surface area contributed by atoms with Gasteiger partial charge in [0.1, 0.15) is 5.82 Å². The van der Waals surface area contributed by atoms with Crippen molar-refractivity contribution in [3.05, 3.63) is 47.2 Å². The first-order valence-electron chi connectivity index (χ1n) is 7.06. The molecule has 1 aliphatic heterocycles. The highest BCUT2D eigenvalue weighted by Gasteiger charge is 2.31. The summed E-state index contributed by atoms with van der Waals surface area (Å²) < 4.78 is 13.8. The monoisotopic (exact) mass is 300 g/mol. The normalized spacial score (nSPS) is 15.9. The summed E-state index contributed by atoms with van der Waals surface area (Å²) in [5.41, 5.74) is 2.10. The lowest BCUT2D eigenvalue weighted by atomic mass is 9.79. The zero-order valence-electron chi connectivity index (χ0n) is 12.7. The van der Waals surface area contributed by atoms with Crippen LogP contribution in [0.15, 0.2) is 24.4 Å². The lowest BCUT2D eigenvalue weighted by Crippen LogP contribution is -2.43. The summed E-state index contributed by atoms with van der Waals surface area (Å²) in [7, 11) is 0. The van der Waals surface area contributed by atoms with Crippen LogP contribution in [0.2, 0.25) is 0 Å².